The third-order valence-corrected chi connectivity index (χ3v) is 16.8. The number of nitrogens with zero attached hydrogens (tertiary/aromatic N) is 2. The van der Waals surface area contributed by atoms with Gasteiger partial charge in [0.2, 0.25) is 0 Å². The molecule has 0 fully saturated rings. The minimum absolute atomic E-state index is 0.962. The van der Waals surface area contributed by atoms with Crippen molar-refractivity contribution in [2.75, 3.05) is 9.80 Å². The lowest BCUT2D eigenvalue weighted by Crippen LogP contribution is -2.15. The molecular weight excluding hydrogens is 941 g/mol. The highest BCUT2D eigenvalue weighted by Gasteiger charge is 2.29. The van der Waals surface area contributed by atoms with Crippen LogP contribution in [0.3, 0.4) is 0 Å². The Labute approximate surface area is 452 Å². The lowest BCUT2D eigenvalue weighted by Gasteiger charge is -2.33. The molecule has 15 aromatic carbocycles. The van der Waals surface area contributed by atoms with Gasteiger partial charge in [-0.25, -0.2) is 0 Å². The normalized spacial score (nSPS) is 12.5. The van der Waals surface area contributed by atoms with Gasteiger partial charge in [0, 0.05) is 43.4 Å². The van der Waals surface area contributed by atoms with Crippen LogP contribution in [0.25, 0.3) is 115 Å². The minimum Gasteiger partial charge on any atom is -0.309 e. The smallest absolute Gasteiger partial charge is 0.0547 e. The van der Waals surface area contributed by atoms with Crippen LogP contribution in [0.4, 0.5) is 34.1 Å². The van der Waals surface area contributed by atoms with Crippen molar-refractivity contribution in [2.24, 2.45) is 0 Å². The summed E-state index contributed by atoms with van der Waals surface area (Å²) in [5.41, 5.74) is 14.3. The van der Waals surface area contributed by atoms with Gasteiger partial charge in [-0.05, 0) is 143 Å². The molecule has 0 bridgehead atoms. The SMILES string of the molecule is C1=Cc2cccc(N(c3cccc4ccccc34)c3cc(-c4ccc5ccccc5c4)c4ccc5c(N(c6cccc7ccccc67)c6cccc7ccccc67)cc(-c6ccc7ccccc7c6)c6ccc3c4c65)c2CC1. The third kappa shape index (κ3) is 6.97. The first-order chi connectivity index (χ1) is 38.7. The number of anilines is 6. The molecule has 2 heteroatoms. The van der Waals surface area contributed by atoms with Crippen LogP contribution >= 0.6 is 0 Å². The minimum atomic E-state index is 0.962. The molecule has 1 aliphatic carbocycles. The van der Waals surface area contributed by atoms with Crippen LogP contribution in [-0.2, 0) is 6.42 Å². The van der Waals surface area contributed by atoms with Crippen molar-refractivity contribution in [2.45, 2.75) is 12.8 Å². The van der Waals surface area contributed by atoms with Crippen LogP contribution in [0.2, 0.25) is 0 Å². The molecule has 1 aliphatic rings. The van der Waals surface area contributed by atoms with E-state index in [2.05, 4.69) is 289 Å². The molecule has 364 valence electrons. The molecule has 2 nitrogen and oxygen atoms in total. The van der Waals surface area contributed by atoms with Gasteiger partial charge in [0.05, 0.1) is 28.4 Å². The zero-order chi connectivity index (χ0) is 51.3. The van der Waals surface area contributed by atoms with E-state index in [0.717, 1.165) is 41.3 Å². The maximum atomic E-state index is 2.61. The highest BCUT2D eigenvalue weighted by atomic mass is 15.2. The summed E-state index contributed by atoms with van der Waals surface area (Å²) in [4.78, 5) is 5.18. The van der Waals surface area contributed by atoms with E-state index in [1.54, 1.807) is 0 Å². The summed E-state index contributed by atoms with van der Waals surface area (Å²) in [6.45, 7) is 0. The summed E-state index contributed by atoms with van der Waals surface area (Å²) in [7, 11) is 0. The average molecular weight is 991 g/mol. The predicted molar refractivity (Wildman–Crippen MR) is 335 cm³/mol. The molecule has 0 radical (unpaired) electrons. The van der Waals surface area contributed by atoms with Crippen molar-refractivity contribution < 1.29 is 0 Å². The summed E-state index contributed by atoms with van der Waals surface area (Å²) in [6, 6.07) is 100. The van der Waals surface area contributed by atoms with Crippen molar-refractivity contribution in [1.82, 2.24) is 0 Å². The molecule has 0 aromatic heterocycles. The van der Waals surface area contributed by atoms with E-state index in [0.29, 0.717) is 0 Å². The second-order valence-corrected chi connectivity index (χ2v) is 21.0. The molecule has 15 aromatic rings. The Morgan fingerprint density at radius 3 is 1.13 bits per heavy atom. The summed E-state index contributed by atoms with van der Waals surface area (Å²) in [6.07, 6.45) is 6.61. The third-order valence-electron chi connectivity index (χ3n) is 16.8. The molecule has 0 saturated carbocycles. The maximum absolute atomic E-state index is 2.61. The van der Waals surface area contributed by atoms with Crippen LogP contribution in [-0.4, -0.2) is 0 Å². The maximum Gasteiger partial charge on any atom is 0.0547 e. The number of rotatable bonds is 8. The molecule has 0 atom stereocenters. The fourth-order valence-corrected chi connectivity index (χ4v) is 13.2. The van der Waals surface area contributed by atoms with E-state index in [9.17, 15) is 0 Å². The van der Waals surface area contributed by atoms with Gasteiger partial charge in [0.25, 0.3) is 0 Å². The van der Waals surface area contributed by atoms with Gasteiger partial charge in [-0.15, -0.1) is 0 Å². The van der Waals surface area contributed by atoms with Gasteiger partial charge < -0.3 is 9.80 Å². The number of hydrogen-bond donors (Lipinski definition) is 0. The van der Waals surface area contributed by atoms with Crippen LogP contribution in [0, 0.1) is 0 Å². The van der Waals surface area contributed by atoms with Gasteiger partial charge >= 0.3 is 0 Å². The summed E-state index contributed by atoms with van der Waals surface area (Å²) < 4.78 is 0. The first kappa shape index (κ1) is 44.3. The van der Waals surface area contributed by atoms with Crippen molar-refractivity contribution >= 4 is 126 Å². The Balaban J connectivity index is 1.10. The number of benzene rings is 15. The summed E-state index contributed by atoms with van der Waals surface area (Å²) in [5.74, 6) is 0. The highest BCUT2D eigenvalue weighted by molar-refractivity contribution is 6.33. The molecule has 0 amide bonds. The second-order valence-electron chi connectivity index (χ2n) is 21.0. The molecule has 0 aliphatic heterocycles. The zero-order valence-electron chi connectivity index (χ0n) is 42.9. The standard InChI is InChI=1S/C76H50N2/c1-3-23-55-45-57(39-37-49(55)17-1)67-47-73(77(69-33-13-25-51-19-5-9-29-59(51)69)70-34-14-26-52-20-6-10-30-60(52)70)65-44-42-64-68(58-40-38-50-18-2-4-24-56(50)46-58)48-74(66-43-41-63(67)75(65)76(64)66)78(71-35-15-27-53-21-7-11-31-61(53)71)72-36-16-28-54-22-8-12-32-62(54)72/h1-11,13-31,33-48H,12,32H2. The molecule has 16 rings (SSSR count). The second kappa shape index (κ2) is 17.8. The number of allylic oxidation sites excluding steroid dienone is 1. The van der Waals surface area contributed by atoms with Gasteiger partial charge in [-0.3, -0.25) is 0 Å². The van der Waals surface area contributed by atoms with Gasteiger partial charge in [0.15, 0.2) is 0 Å². The van der Waals surface area contributed by atoms with Crippen LogP contribution < -0.4 is 9.80 Å². The Morgan fingerprint density at radius 2 is 0.641 bits per heavy atom. The topological polar surface area (TPSA) is 6.48 Å². The Morgan fingerprint density at radius 1 is 0.256 bits per heavy atom. The summed E-state index contributed by atoms with van der Waals surface area (Å²) >= 11 is 0. The van der Waals surface area contributed by atoms with E-state index in [1.807, 2.05) is 0 Å². The molecule has 0 spiro atoms. The van der Waals surface area contributed by atoms with E-state index in [1.165, 1.54) is 125 Å². The lowest BCUT2D eigenvalue weighted by molar-refractivity contribution is 0.980. The lowest BCUT2D eigenvalue weighted by atomic mass is 9.84. The number of fused-ring (bicyclic) bond motifs is 6. The van der Waals surface area contributed by atoms with Crippen molar-refractivity contribution in [3.05, 3.63) is 284 Å². The molecule has 0 heterocycles. The van der Waals surface area contributed by atoms with Crippen molar-refractivity contribution in [1.29, 1.82) is 0 Å². The average Bonchev–Trinajstić information content (AvgIpc) is 3.67. The van der Waals surface area contributed by atoms with Crippen LogP contribution in [0.1, 0.15) is 17.5 Å². The fourth-order valence-electron chi connectivity index (χ4n) is 13.2. The highest BCUT2D eigenvalue weighted by Crippen LogP contribution is 2.54. The molecular formula is C76H50N2. The van der Waals surface area contributed by atoms with E-state index < -0.39 is 0 Å². The van der Waals surface area contributed by atoms with Gasteiger partial charge in [-0.2, -0.15) is 0 Å². The molecule has 0 saturated heterocycles. The van der Waals surface area contributed by atoms with E-state index >= 15 is 0 Å². The Hall–Kier alpha value is -10.0. The fraction of sp³-hybridized carbons (Fsp3) is 0.0263. The first-order valence-electron chi connectivity index (χ1n) is 27.3. The number of hydrogen-bond acceptors (Lipinski definition) is 2. The van der Waals surface area contributed by atoms with Crippen molar-refractivity contribution in [3.8, 4) is 22.3 Å². The zero-order valence-corrected chi connectivity index (χ0v) is 42.9. The van der Waals surface area contributed by atoms with Gasteiger partial charge in [-0.1, -0.05) is 231 Å². The predicted octanol–water partition coefficient (Wildman–Crippen LogP) is 21.6. The van der Waals surface area contributed by atoms with E-state index in [-0.39, 0.29) is 0 Å². The van der Waals surface area contributed by atoms with Crippen LogP contribution in [0.15, 0.2) is 273 Å². The Bertz CT molecular complexity index is 4850. The largest absolute Gasteiger partial charge is 0.309 e. The monoisotopic (exact) mass is 990 g/mol. The quantitative estimate of drug-likeness (QED) is 0.140. The van der Waals surface area contributed by atoms with Gasteiger partial charge in [0.1, 0.15) is 0 Å². The van der Waals surface area contributed by atoms with Crippen molar-refractivity contribution in [3.63, 3.8) is 0 Å². The molecule has 0 unspecified atom stereocenters. The first-order valence-corrected chi connectivity index (χ1v) is 27.3. The molecule has 78 heavy (non-hydrogen) atoms. The Kier molecular flexibility index (Phi) is 10.1. The van der Waals surface area contributed by atoms with E-state index in [4.69, 9.17) is 0 Å². The van der Waals surface area contributed by atoms with Crippen LogP contribution in [0.5, 0.6) is 0 Å². The molecule has 0 N–H and O–H groups in total. The summed E-state index contributed by atoms with van der Waals surface area (Å²) in [5, 5.41) is 19.4.